The van der Waals surface area contributed by atoms with Crippen molar-refractivity contribution in [3.63, 3.8) is 0 Å². The Morgan fingerprint density at radius 1 is 1.10 bits per heavy atom. The summed E-state index contributed by atoms with van der Waals surface area (Å²) in [7, 11) is 0. The summed E-state index contributed by atoms with van der Waals surface area (Å²) in [6, 6.07) is 9.95. The van der Waals surface area contributed by atoms with Gasteiger partial charge in [0, 0.05) is 19.1 Å². The Labute approximate surface area is 126 Å². The predicted octanol–water partition coefficient (Wildman–Crippen LogP) is 4.33. The maximum absolute atomic E-state index is 11.0. The van der Waals surface area contributed by atoms with Crippen LogP contribution in [0.25, 0.3) is 0 Å². The summed E-state index contributed by atoms with van der Waals surface area (Å²) in [5, 5.41) is 3.49. The average molecular weight is 311 g/mol. The average Bonchev–Trinajstić information content (AvgIpc) is 2.37. The number of ether oxygens (including phenoxy) is 1. The van der Waals surface area contributed by atoms with Crippen molar-refractivity contribution in [2.24, 2.45) is 0 Å². The maximum Gasteiger partial charge on any atom is 0.221 e. The molecule has 0 aliphatic heterocycles. The lowest BCUT2D eigenvalue weighted by Gasteiger charge is -2.10. The summed E-state index contributed by atoms with van der Waals surface area (Å²) < 4.78 is 5.62. The molecule has 0 spiro atoms. The highest BCUT2D eigenvalue weighted by Gasteiger charge is 2.05. The Morgan fingerprint density at radius 2 is 1.75 bits per heavy atom. The fourth-order valence-corrected chi connectivity index (χ4v) is 1.87. The van der Waals surface area contributed by atoms with Crippen molar-refractivity contribution in [3.8, 4) is 11.5 Å². The fourth-order valence-electron chi connectivity index (χ4n) is 1.58. The van der Waals surface area contributed by atoms with E-state index in [-0.39, 0.29) is 5.91 Å². The Kier molecular flexibility index (Phi) is 4.37. The Balaban J connectivity index is 2.19. The zero-order valence-electron chi connectivity index (χ0n) is 10.6. The van der Waals surface area contributed by atoms with Crippen LogP contribution < -0.4 is 15.8 Å². The molecule has 1 amide bonds. The molecule has 2 aromatic rings. The van der Waals surface area contributed by atoms with E-state index in [1.54, 1.807) is 36.4 Å². The SMILES string of the molecule is CC(=O)Nc1ccc(Oc2ccc(Cl)c(Cl)c2)cc1N. The first-order valence-corrected chi connectivity index (χ1v) is 6.51. The molecule has 0 aliphatic rings. The van der Waals surface area contributed by atoms with E-state index in [4.69, 9.17) is 33.7 Å². The Bertz CT molecular complexity index is 660. The van der Waals surface area contributed by atoms with Gasteiger partial charge < -0.3 is 15.8 Å². The van der Waals surface area contributed by atoms with Gasteiger partial charge in [-0.1, -0.05) is 23.2 Å². The van der Waals surface area contributed by atoms with Crippen LogP contribution in [0.2, 0.25) is 10.0 Å². The smallest absolute Gasteiger partial charge is 0.221 e. The maximum atomic E-state index is 11.0. The molecule has 2 aromatic carbocycles. The first-order chi connectivity index (χ1) is 9.45. The number of amides is 1. The quantitative estimate of drug-likeness (QED) is 0.829. The second-order valence-electron chi connectivity index (χ2n) is 4.11. The van der Waals surface area contributed by atoms with Gasteiger partial charge >= 0.3 is 0 Å². The van der Waals surface area contributed by atoms with Crippen molar-refractivity contribution in [2.75, 3.05) is 11.1 Å². The normalized spacial score (nSPS) is 10.2. The second-order valence-corrected chi connectivity index (χ2v) is 4.92. The van der Waals surface area contributed by atoms with E-state index in [0.29, 0.717) is 32.9 Å². The Hall–Kier alpha value is -1.91. The van der Waals surface area contributed by atoms with Crippen molar-refractivity contribution < 1.29 is 9.53 Å². The predicted molar refractivity (Wildman–Crippen MR) is 81.7 cm³/mol. The van der Waals surface area contributed by atoms with Crippen LogP contribution >= 0.6 is 23.2 Å². The number of benzene rings is 2. The van der Waals surface area contributed by atoms with E-state index in [1.807, 2.05) is 0 Å². The number of carbonyl (C=O) groups is 1. The molecule has 0 radical (unpaired) electrons. The van der Waals surface area contributed by atoms with Crippen LogP contribution in [0.1, 0.15) is 6.92 Å². The lowest BCUT2D eigenvalue weighted by atomic mass is 10.2. The molecule has 0 bridgehead atoms. The van der Waals surface area contributed by atoms with E-state index in [0.717, 1.165) is 0 Å². The molecule has 4 nitrogen and oxygen atoms in total. The molecule has 6 heteroatoms. The molecule has 0 heterocycles. The van der Waals surface area contributed by atoms with Gasteiger partial charge in [-0.15, -0.1) is 0 Å². The molecular formula is C14H12Cl2N2O2. The van der Waals surface area contributed by atoms with Crippen molar-refractivity contribution in [1.29, 1.82) is 0 Å². The van der Waals surface area contributed by atoms with Gasteiger partial charge in [-0.05, 0) is 24.3 Å². The Morgan fingerprint density at radius 3 is 2.35 bits per heavy atom. The van der Waals surface area contributed by atoms with Crippen LogP contribution in [0, 0.1) is 0 Å². The van der Waals surface area contributed by atoms with Crippen LogP contribution in [0.15, 0.2) is 36.4 Å². The molecular weight excluding hydrogens is 299 g/mol. The van der Waals surface area contributed by atoms with Crippen LogP contribution in [0.5, 0.6) is 11.5 Å². The van der Waals surface area contributed by atoms with Gasteiger partial charge in [0.1, 0.15) is 11.5 Å². The number of halogens is 2. The van der Waals surface area contributed by atoms with Crippen molar-refractivity contribution in [1.82, 2.24) is 0 Å². The molecule has 104 valence electrons. The molecule has 0 aliphatic carbocycles. The summed E-state index contributed by atoms with van der Waals surface area (Å²) in [6.45, 7) is 1.42. The molecule has 0 unspecified atom stereocenters. The standard InChI is InChI=1S/C14H12Cl2N2O2/c1-8(19)18-14-5-3-10(7-13(14)17)20-9-2-4-11(15)12(16)6-9/h2-7H,17H2,1H3,(H,18,19). The molecule has 3 N–H and O–H groups in total. The fraction of sp³-hybridized carbons (Fsp3) is 0.0714. The third kappa shape index (κ3) is 3.56. The minimum atomic E-state index is -0.185. The van der Waals surface area contributed by atoms with Gasteiger partial charge in [-0.25, -0.2) is 0 Å². The number of carbonyl (C=O) groups excluding carboxylic acids is 1. The summed E-state index contributed by atoms with van der Waals surface area (Å²) >= 11 is 11.7. The summed E-state index contributed by atoms with van der Waals surface area (Å²) in [6.07, 6.45) is 0. The highest BCUT2D eigenvalue weighted by molar-refractivity contribution is 6.42. The van der Waals surface area contributed by atoms with E-state index in [1.165, 1.54) is 6.92 Å². The summed E-state index contributed by atoms with van der Waals surface area (Å²) in [4.78, 5) is 11.0. The molecule has 0 fully saturated rings. The lowest BCUT2D eigenvalue weighted by Crippen LogP contribution is -2.07. The van der Waals surface area contributed by atoms with Gasteiger partial charge in [-0.3, -0.25) is 4.79 Å². The molecule has 20 heavy (non-hydrogen) atoms. The highest BCUT2D eigenvalue weighted by atomic mass is 35.5. The first kappa shape index (κ1) is 14.5. The van der Waals surface area contributed by atoms with E-state index in [9.17, 15) is 4.79 Å². The molecule has 0 saturated heterocycles. The number of nitrogens with two attached hydrogens (primary N) is 1. The summed E-state index contributed by atoms with van der Waals surface area (Å²) in [5.41, 5.74) is 6.79. The van der Waals surface area contributed by atoms with Crippen LogP contribution in [0.3, 0.4) is 0 Å². The van der Waals surface area contributed by atoms with Gasteiger partial charge in [0.25, 0.3) is 0 Å². The number of anilines is 2. The number of nitrogen functional groups attached to an aromatic ring is 1. The van der Waals surface area contributed by atoms with E-state index in [2.05, 4.69) is 5.32 Å². The number of nitrogens with one attached hydrogen (secondary N) is 1. The van der Waals surface area contributed by atoms with Gasteiger partial charge in [0.2, 0.25) is 5.91 Å². The van der Waals surface area contributed by atoms with Crippen molar-refractivity contribution >= 4 is 40.5 Å². The minimum Gasteiger partial charge on any atom is -0.457 e. The van der Waals surface area contributed by atoms with E-state index >= 15 is 0 Å². The van der Waals surface area contributed by atoms with Gasteiger partial charge in [0.05, 0.1) is 21.4 Å². The zero-order valence-corrected chi connectivity index (χ0v) is 12.1. The number of rotatable bonds is 3. The molecule has 0 saturated carbocycles. The van der Waals surface area contributed by atoms with Crippen LogP contribution in [0.4, 0.5) is 11.4 Å². The van der Waals surface area contributed by atoms with E-state index < -0.39 is 0 Å². The monoisotopic (exact) mass is 310 g/mol. The third-order valence-electron chi connectivity index (χ3n) is 2.46. The van der Waals surface area contributed by atoms with Crippen LogP contribution in [-0.4, -0.2) is 5.91 Å². The van der Waals surface area contributed by atoms with Crippen molar-refractivity contribution in [2.45, 2.75) is 6.92 Å². The number of hydrogen-bond acceptors (Lipinski definition) is 3. The second kappa shape index (κ2) is 6.03. The molecule has 0 atom stereocenters. The summed E-state index contributed by atoms with van der Waals surface area (Å²) in [5.74, 6) is 0.899. The van der Waals surface area contributed by atoms with Crippen LogP contribution in [-0.2, 0) is 4.79 Å². The zero-order chi connectivity index (χ0) is 14.7. The lowest BCUT2D eigenvalue weighted by molar-refractivity contribution is -0.114. The third-order valence-corrected chi connectivity index (χ3v) is 3.20. The minimum absolute atomic E-state index is 0.185. The van der Waals surface area contributed by atoms with Crippen molar-refractivity contribution in [3.05, 3.63) is 46.4 Å². The topological polar surface area (TPSA) is 64.3 Å². The highest BCUT2D eigenvalue weighted by Crippen LogP contribution is 2.31. The largest absolute Gasteiger partial charge is 0.457 e. The van der Waals surface area contributed by atoms with Gasteiger partial charge in [0.15, 0.2) is 0 Å². The number of hydrogen-bond donors (Lipinski definition) is 2. The molecule has 2 rings (SSSR count). The molecule has 0 aromatic heterocycles. The van der Waals surface area contributed by atoms with Gasteiger partial charge in [-0.2, -0.15) is 0 Å². The first-order valence-electron chi connectivity index (χ1n) is 5.76.